The molecule has 1 heterocycles. The summed E-state index contributed by atoms with van der Waals surface area (Å²) in [4.78, 5) is 41.3. The average Bonchev–Trinajstić information content (AvgIpc) is 2.70. The van der Waals surface area contributed by atoms with Crippen molar-refractivity contribution in [3.05, 3.63) is 76.2 Å². The number of benzene rings is 2. The molecule has 148 valence electrons. The Kier molecular flexibility index (Phi) is 5.59. The molecule has 9 nitrogen and oxygen atoms in total. The van der Waals surface area contributed by atoms with Crippen LogP contribution < -0.4 is 16.2 Å². The highest BCUT2D eigenvalue weighted by molar-refractivity contribution is 5.91. The largest absolute Gasteiger partial charge is 0.501 e. The Morgan fingerprint density at radius 2 is 1.83 bits per heavy atom. The van der Waals surface area contributed by atoms with Crippen molar-refractivity contribution in [1.82, 2.24) is 15.3 Å². The lowest BCUT2D eigenvalue weighted by Gasteiger charge is -2.15. The topological polar surface area (TPSA) is 144 Å². The van der Waals surface area contributed by atoms with Crippen LogP contribution >= 0.6 is 0 Å². The number of hydrogen-bond donors (Lipinski definition) is 5. The summed E-state index contributed by atoms with van der Waals surface area (Å²) in [6.07, 6.45) is 0. The number of rotatable bonds is 5. The minimum atomic E-state index is -1.53. The number of hydrogen-bond acceptors (Lipinski definition) is 5. The molecule has 1 aromatic heterocycles. The van der Waals surface area contributed by atoms with Gasteiger partial charge in [-0.1, -0.05) is 42.5 Å². The zero-order chi connectivity index (χ0) is 21.0. The van der Waals surface area contributed by atoms with Crippen LogP contribution in [0.4, 0.5) is 10.5 Å². The Balaban J connectivity index is 1.79. The van der Waals surface area contributed by atoms with Crippen molar-refractivity contribution in [2.24, 2.45) is 0 Å². The summed E-state index contributed by atoms with van der Waals surface area (Å²) in [5, 5.41) is 24.1. The Labute approximate surface area is 165 Å². The summed E-state index contributed by atoms with van der Waals surface area (Å²) in [5.74, 6) is -2.55. The van der Waals surface area contributed by atoms with E-state index in [1.807, 2.05) is 37.3 Å². The molecule has 0 saturated heterocycles. The van der Waals surface area contributed by atoms with Crippen LogP contribution in [0, 0.1) is 0 Å². The Morgan fingerprint density at radius 3 is 2.52 bits per heavy atom. The summed E-state index contributed by atoms with van der Waals surface area (Å²) in [6.45, 7) is 1.85. The number of aromatic amines is 1. The van der Waals surface area contributed by atoms with Gasteiger partial charge in [0, 0.05) is 11.3 Å². The molecule has 5 N–H and O–H groups in total. The van der Waals surface area contributed by atoms with Crippen LogP contribution in [-0.2, 0) is 0 Å². The normalized spacial score (nSPS) is 11.5. The van der Waals surface area contributed by atoms with E-state index in [1.54, 1.807) is 18.2 Å². The predicted molar refractivity (Wildman–Crippen MR) is 106 cm³/mol. The molecule has 3 aromatic rings. The molecule has 3 rings (SSSR count). The zero-order valence-electron chi connectivity index (χ0n) is 15.3. The molecule has 0 saturated carbocycles. The van der Waals surface area contributed by atoms with Crippen LogP contribution in [0.2, 0.25) is 0 Å². The number of carbonyl (C=O) groups excluding carboxylic acids is 1. The fourth-order valence-electron chi connectivity index (χ4n) is 2.69. The van der Waals surface area contributed by atoms with Crippen LogP contribution in [0.15, 0.2) is 59.4 Å². The van der Waals surface area contributed by atoms with Gasteiger partial charge in [0.25, 0.3) is 5.56 Å². The third-order valence-corrected chi connectivity index (χ3v) is 4.14. The Bertz CT molecular complexity index is 1110. The van der Waals surface area contributed by atoms with Crippen molar-refractivity contribution in [3.63, 3.8) is 0 Å². The molecule has 2 aromatic carbocycles. The smallest absolute Gasteiger partial charge is 0.358 e. The van der Waals surface area contributed by atoms with Gasteiger partial charge in [-0.3, -0.25) is 4.79 Å². The van der Waals surface area contributed by atoms with Crippen molar-refractivity contribution in [1.29, 1.82) is 0 Å². The molecule has 9 heteroatoms. The van der Waals surface area contributed by atoms with Gasteiger partial charge in [-0.2, -0.15) is 0 Å². The van der Waals surface area contributed by atoms with Crippen molar-refractivity contribution in [3.8, 4) is 17.1 Å². The van der Waals surface area contributed by atoms with Gasteiger partial charge in [-0.25, -0.2) is 14.6 Å². The minimum Gasteiger partial charge on any atom is -0.501 e. The highest BCUT2D eigenvalue weighted by atomic mass is 16.4. The quantitative estimate of drug-likeness (QED) is 0.450. The number of anilines is 1. The fraction of sp³-hybridized carbons (Fsp3) is 0.100. The summed E-state index contributed by atoms with van der Waals surface area (Å²) >= 11 is 0. The number of amides is 2. The van der Waals surface area contributed by atoms with E-state index in [-0.39, 0.29) is 11.9 Å². The second-order valence-corrected chi connectivity index (χ2v) is 6.23. The second kappa shape index (κ2) is 8.26. The number of nitrogens with one attached hydrogen (secondary N) is 3. The molecular weight excluding hydrogens is 376 g/mol. The summed E-state index contributed by atoms with van der Waals surface area (Å²) in [7, 11) is 0. The van der Waals surface area contributed by atoms with E-state index in [0.717, 1.165) is 5.56 Å². The fourth-order valence-corrected chi connectivity index (χ4v) is 2.69. The molecule has 0 radical (unpaired) electrons. The van der Waals surface area contributed by atoms with Crippen LogP contribution in [0.25, 0.3) is 11.4 Å². The van der Waals surface area contributed by atoms with E-state index >= 15 is 0 Å². The maximum absolute atomic E-state index is 12.3. The van der Waals surface area contributed by atoms with Crippen LogP contribution in [0.1, 0.15) is 29.0 Å². The number of aromatic nitrogens is 2. The number of carboxylic acid groups (broad SMARTS) is 1. The van der Waals surface area contributed by atoms with E-state index < -0.39 is 29.0 Å². The molecule has 0 bridgehead atoms. The lowest BCUT2D eigenvalue weighted by Crippen LogP contribution is -2.31. The molecular formula is C20H18N4O5. The number of aromatic hydroxyl groups is 1. The highest BCUT2D eigenvalue weighted by Crippen LogP contribution is 2.21. The van der Waals surface area contributed by atoms with Crippen LogP contribution in [0.3, 0.4) is 0 Å². The molecule has 29 heavy (non-hydrogen) atoms. The molecule has 0 aliphatic heterocycles. The number of H-pyrrole nitrogens is 1. The van der Waals surface area contributed by atoms with Gasteiger partial charge in [0.15, 0.2) is 5.69 Å². The lowest BCUT2D eigenvalue weighted by atomic mass is 10.1. The number of urea groups is 1. The Hall–Kier alpha value is -4.14. The van der Waals surface area contributed by atoms with Crippen LogP contribution in [0.5, 0.6) is 5.75 Å². The van der Waals surface area contributed by atoms with Gasteiger partial charge in [-0.05, 0) is 24.6 Å². The minimum absolute atomic E-state index is 0.0492. The van der Waals surface area contributed by atoms with E-state index in [1.165, 1.54) is 6.07 Å². The van der Waals surface area contributed by atoms with Crippen molar-refractivity contribution < 1.29 is 19.8 Å². The maximum atomic E-state index is 12.3. The average molecular weight is 394 g/mol. The standard InChI is InChI=1S/C20H18N4O5/c1-11(12-6-3-2-4-7-12)21-20(29)22-14-9-5-8-13(10-14)17-23-15(19(27)28)16(25)18(26)24-17/h2-11,25H,1H3,(H,27,28)(H2,21,22,29)(H,23,24,26)/t11-/m1/s1. The predicted octanol–water partition coefficient (Wildman–Crippen LogP) is 2.72. The lowest BCUT2D eigenvalue weighted by molar-refractivity contribution is 0.0686. The van der Waals surface area contributed by atoms with Gasteiger partial charge < -0.3 is 25.8 Å². The molecule has 2 amide bonds. The number of carboxylic acids is 1. The molecule has 0 fully saturated rings. The van der Waals surface area contributed by atoms with Gasteiger partial charge in [-0.15, -0.1) is 0 Å². The molecule has 0 unspecified atom stereocenters. The first-order chi connectivity index (χ1) is 13.8. The summed E-state index contributed by atoms with van der Waals surface area (Å²) < 4.78 is 0. The van der Waals surface area contributed by atoms with Gasteiger partial charge in [0.05, 0.1) is 6.04 Å². The first kappa shape index (κ1) is 19.6. The molecule has 0 spiro atoms. The number of nitrogens with zero attached hydrogens (tertiary/aromatic N) is 1. The number of carbonyl (C=O) groups is 2. The molecule has 0 aliphatic carbocycles. The summed E-state index contributed by atoms with van der Waals surface area (Å²) in [5.41, 5.74) is -0.00781. The van der Waals surface area contributed by atoms with Gasteiger partial charge in [0.1, 0.15) is 5.82 Å². The zero-order valence-corrected chi connectivity index (χ0v) is 15.3. The SMILES string of the molecule is C[C@@H](NC(=O)Nc1cccc(-c2nc(C(=O)O)c(O)c(=O)[nH]2)c1)c1ccccc1. The van der Waals surface area contributed by atoms with Crippen LogP contribution in [-0.4, -0.2) is 32.2 Å². The van der Waals surface area contributed by atoms with Gasteiger partial charge in [0.2, 0.25) is 5.75 Å². The third kappa shape index (κ3) is 4.59. The first-order valence-corrected chi connectivity index (χ1v) is 8.64. The van der Waals surface area contributed by atoms with Crippen molar-refractivity contribution >= 4 is 17.7 Å². The maximum Gasteiger partial charge on any atom is 0.358 e. The number of aromatic carboxylic acids is 1. The molecule has 1 atom stereocenters. The summed E-state index contributed by atoms with van der Waals surface area (Å²) in [6, 6.07) is 15.1. The monoisotopic (exact) mass is 394 g/mol. The van der Waals surface area contributed by atoms with Gasteiger partial charge >= 0.3 is 12.0 Å². The van der Waals surface area contributed by atoms with Crippen molar-refractivity contribution in [2.75, 3.05) is 5.32 Å². The first-order valence-electron chi connectivity index (χ1n) is 8.64. The molecule has 0 aliphatic rings. The Morgan fingerprint density at radius 1 is 1.10 bits per heavy atom. The second-order valence-electron chi connectivity index (χ2n) is 6.23. The highest BCUT2D eigenvalue weighted by Gasteiger charge is 2.18. The third-order valence-electron chi connectivity index (χ3n) is 4.14. The van der Waals surface area contributed by atoms with E-state index in [2.05, 4.69) is 20.6 Å². The van der Waals surface area contributed by atoms with E-state index in [0.29, 0.717) is 11.3 Å². The van der Waals surface area contributed by atoms with Crippen molar-refractivity contribution in [2.45, 2.75) is 13.0 Å². The van der Waals surface area contributed by atoms with E-state index in [9.17, 15) is 19.5 Å². The van der Waals surface area contributed by atoms with E-state index in [4.69, 9.17) is 5.11 Å².